The first-order valence-electron chi connectivity index (χ1n) is 7.99. The molecule has 0 spiro atoms. The van der Waals surface area contributed by atoms with Gasteiger partial charge in [-0.3, -0.25) is 4.79 Å². The summed E-state index contributed by atoms with van der Waals surface area (Å²) in [6.45, 7) is 0.0680. The standard InChI is InChI=1S/C18H18FNO5S/c1-25-14-4-2-3-12(11-14)17-16(18(21)22)9-10-20(17)26(23,24)15-7-5-13(19)6-8-15/h2-8,11,16-17H,9-10H2,1H3,(H,21,22)/t16-,17-/m1/s1. The summed E-state index contributed by atoms with van der Waals surface area (Å²) in [6.07, 6.45) is 0.192. The SMILES string of the molecule is COc1cccc([C@@H]2[C@H](C(=O)O)CCN2S(=O)(=O)c2ccc(F)cc2)c1. The number of hydrogen-bond acceptors (Lipinski definition) is 4. The molecule has 2 atom stereocenters. The molecule has 0 radical (unpaired) electrons. The van der Waals surface area contributed by atoms with Crippen LogP contribution in [0.1, 0.15) is 18.0 Å². The number of sulfonamides is 1. The van der Waals surface area contributed by atoms with Crippen molar-refractivity contribution in [2.24, 2.45) is 5.92 Å². The Hall–Kier alpha value is -2.45. The molecule has 0 aromatic heterocycles. The van der Waals surface area contributed by atoms with Gasteiger partial charge in [-0.2, -0.15) is 4.31 Å². The van der Waals surface area contributed by atoms with Gasteiger partial charge in [0.2, 0.25) is 10.0 Å². The average molecular weight is 379 g/mol. The Morgan fingerprint density at radius 3 is 2.54 bits per heavy atom. The van der Waals surface area contributed by atoms with Gasteiger partial charge in [-0.05, 0) is 48.4 Å². The highest BCUT2D eigenvalue weighted by Gasteiger charge is 2.45. The topological polar surface area (TPSA) is 83.9 Å². The lowest BCUT2D eigenvalue weighted by molar-refractivity contribution is -0.142. The minimum Gasteiger partial charge on any atom is -0.497 e. The average Bonchev–Trinajstić information content (AvgIpc) is 3.08. The number of hydrogen-bond donors (Lipinski definition) is 1. The van der Waals surface area contributed by atoms with Gasteiger partial charge in [0.15, 0.2) is 0 Å². The molecule has 1 heterocycles. The molecule has 1 N–H and O–H groups in total. The maximum Gasteiger partial charge on any atom is 0.308 e. The largest absolute Gasteiger partial charge is 0.497 e. The van der Waals surface area contributed by atoms with Crippen LogP contribution in [0.25, 0.3) is 0 Å². The number of rotatable bonds is 5. The summed E-state index contributed by atoms with van der Waals surface area (Å²) in [5, 5.41) is 9.56. The predicted octanol–water partition coefficient (Wildman–Crippen LogP) is 2.67. The molecule has 1 saturated heterocycles. The van der Waals surface area contributed by atoms with E-state index in [-0.39, 0.29) is 17.9 Å². The van der Waals surface area contributed by atoms with Crippen molar-refractivity contribution in [1.82, 2.24) is 4.31 Å². The van der Waals surface area contributed by atoms with Gasteiger partial charge >= 0.3 is 5.97 Å². The molecule has 26 heavy (non-hydrogen) atoms. The normalized spacial score (nSPS) is 20.8. The van der Waals surface area contributed by atoms with E-state index in [4.69, 9.17) is 4.74 Å². The number of methoxy groups -OCH3 is 1. The highest BCUT2D eigenvalue weighted by atomic mass is 32.2. The van der Waals surface area contributed by atoms with Crippen molar-refractivity contribution in [3.8, 4) is 5.75 Å². The summed E-state index contributed by atoms with van der Waals surface area (Å²) < 4.78 is 45.6. The molecular formula is C18H18FNO5S. The van der Waals surface area contributed by atoms with Gasteiger partial charge in [-0.25, -0.2) is 12.8 Å². The molecule has 0 unspecified atom stereocenters. The van der Waals surface area contributed by atoms with E-state index in [2.05, 4.69) is 0 Å². The molecular weight excluding hydrogens is 361 g/mol. The molecule has 0 bridgehead atoms. The Balaban J connectivity index is 2.07. The zero-order valence-electron chi connectivity index (χ0n) is 14.0. The van der Waals surface area contributed by atoms with Crippen LogP contribution < -0.4 is 4.74 Å². The summed E-state index contributed by atoms with van der Waals surface area (Å²) in [7, 11) is -2.49. The van der Waals surface area contributed by atoms with Crippen LogP contribution in [-0.4, -0.2) is 37.5 Å². The Morgan fingerprint density at radius 2 is 1.92 bits per heavy atom. The van der Waals surface area contributed by atoms with E-state index in [0.29, 0.717) is 11.3 Å². The van der Waals surface area contributed by atoms with Crippen molar-refractivity contribution in [3.63, 3.8) is 0 Å². The number of halogens is 1. The Labute approximate surface area is 150 Å². The summed E-state index contributed by atoms with van der Waals surface area (Å²) in [6, 6.07) is 10.3. The maximum atomic E-state index is 13.1. The molecule has 6 nitrogen and oxygen atoms in total. The molecule has 1 aliphatic rings. The lowest BCUT2D eigenvalue weighted by atomic mass is 9.94. The fourth-order valence-corrected chi connectivity index (χ4v) is 4.92. The molecule has 3 rings (SSSR count). The van der Waals surface area contributed by atoms with Crippen molar-refractivity contribution in [2.45, 2.75) is 17.4 Å². The monoisotopic (exact) mass is 379 g/mol. The first kappa shape index (κ1) is 18.3. The van der Waals surface area contributed by atoms with Crippen molar-refractivity contribution in [3.05, 3.63) is 59.9 Å². The van der Waals surface area contributed by atoms with Crippen LogP contribution in [0.15, 0.2) is 53.4 Å². The number of carboxylic acid groups (broad SMARTS) is 1. The summed E-state index contributed by atoms with van der Waals surface area (Å²) in [5.74, 6) is -1.97. The quantitative estimate of drug-likeness (QED) is 0.863. The van der Waals surface area contributed by atoms with Crippen LogP contribution in [0.5, 0.6) is 5.75 Å². The van der Waals surface area contributed by atoms with Crippen LogP contribution in [0.4, 0.5) is 4.39 Å². The summed E-state index contributed by atoms with van der Waals surface area (Å²) in [5.41, 5.74) is 0.542. The van der Waals surface area contributed by atoms with Gasteiger partial charge in [0, 0.05) is 6.54 Å². The minimum absolute atomic E-state index is 0.0680. The maximum absolute atomic E-state index is 13.1. The van der Waals surface area contributed by atoms with E-state index in [1.165, 1.54) is 23.5 Å². The smallest absolute Gasteiger partial charge is 0.308 e. The summed E-state index contributed by atoms with van der Waals surface area (Å²) >= 11 is 0. The van der Waals surface area contributed by atoms with Gasteiger partial charge in [0.1, 0.15) is 11.6 Å². The van der Waals surface area contributed by atoms with Gasteiger partial charge in [-0.1, -0.05) is 12.1 Å². The van der Waals surface area contributed by atoms with Crippen molar-refractivity contribution in [2.75, 3.05) is 13.7 Å². The third-order valence-corrected chi connectivity index (χ3v) is 6.42. The fraction of sp³-hybridized carbons (Fsp3) is 0.278. The molecule has 2 aromatic carbocycles. The molecule has 0 saturated carbocycles. The zero-order chi connectivity index (χ0) is 18.9. The van der Waals surface area contributed by atoms with Crippen LogP contribution in [0.3, 0.4) is 0 Å². The number of benzene rings is 2. The molecule has 0 amide bonds. The van der Waals surface area contributed by atoms with Crippen molar-refractivity contribution < 1.29 is 27.4 Å². The van der Waals surface area contributed by atoms with E-state index < -0.39 is 33.8 Å². The predicted molar refractivity (Wildman–Crippen MR) is 91.8 cm³/mol. The van der Waals surface area contributed by atoms with Crippen molar-refractivity contribution >= 4 is 16.0 Å². The number of nitrogens with zero attached hydrogens (tertiary/aromatic N) is 1. The second kappa shape index (κ2) is 7.05. The van der Waals surface area contributed by atoms with Crippen LogP contribution >= 0.6 is 0 Å². The zero-order valence-corrected chi connectivity index (χ0v) is 14.8. The molecule has 1 fully saturated rings. The van der Waals surface area contributed by atoms with Gasteiger partial charge in [0.25, 0.3) is 0 Å². The number of carboxylic acids is 1. The minimum atomic E-state index is -3.98. The number of aliphatic carboxylic acids is 1. The number of carbonyl (C=O) groups is 1. The molecule has 0 aliphatic carbocycles. The highest BCUT2D eigenvalue weighted by Crippen LogP contribution is 2.41. The van der Waals surface area contributed by atoms with Crippen LogP contribution in [-0.2, 0) is 14.8 Å². The highest BCUT2D eigenvalue weighted by molar-refractivity contribution is 7.89. The second-order valence-electron chi connectivity index (χ2n) is 6.02. The van der Waals surface area contributed by atoms with Crippen LogP contribution in [0, 0.1) is 11.7 Å². The molecule has 1 aliphatic heterocycles. The Morgan fingerprint density at radius 1 is 1.23 bits per heavy atom. The summed E-state index contributed by atoms with van der Waals surface area (Å²) in [4.78, 5) is 11.6. The van der Waals surface area contributed by atoms with E-state index >= 15 is 0 Å². The number of ether oxygens (including phenoxy) is 1. The first-order chi connectivity index (χ1) is 12.3. The molecule has 8 heteroatoms. The van der Waals surface area contributed by atoms with E-state index in [9.17, 15) is 22.7 Å². The Bertz CT molecular complexity index is 913. The Kier molecular flexibility index (Phi) is 4.97. The van der Waals surface area contributed by atoms with Gasteiger partial charge < -0.3 is 9.84 Å². The van der Waals surface area contributed by atoms with Gasteiger partial charge in [-0.15, -0.1) is 0 Å². The lowest BCUT2D eigenvalue weighted by Crippen LogP contribution is -2.33. The van der Waals surface area contributed by atoms with E-state index in [1.807, 2.05) is 0 Å². The lowest BCUT2D eigenvalue weighted by Gasteiger charge is -2.27. The second-order valence-corrected chi connectivity index (χ2v) is 7.92. The van der Waals surface area contributed by atoms with Crippen molar-refractivity contribution in [1.29, 1.82) is 0 Å². The van der Waals surface area contributed by atoms with E-state index in [0.717, 1.165) is 12.1 Å². The first-order valence-corrected chi connectivity index (χ1v) is 9.43. The van der Waals surface area contributed by atoms with E-state index in [1.54, 1.807) is 24.3 Å². The molecule has 2 aromatic rings. The molecule has 138 valence electrons. The fourth-order valence-electron chi connectivity index (χ4n) is 3.26. The third kappa shape index (κ3) is 3.30. The third-order valence-electron chi connectivity index (χ3n) is 4.52. The van der Waals surface area contributed by atoms with Gasteiger partial charge in [0.05, 0.1) is 24.0 Å². The van der Waals surface area contributed by atoms with Crippen LogP contribution in [0.2, 0.25) is 0 Å².